The van der Waals surface area contributed by atoms with Gasteiger partial charge in [-0.1, -0.05) is 25.1 Å². The molecule has 0 saturated heterocycles. The number of hydrogen-bond acceptors (Lipinski definition) is 4. The van der Waals surface area contributed by atoms with Gasteiger partial charge in [0.25, 0.3) is 5.91 Å². The van der Waals surface area contributed by atoms with E-state index in [-0.39, 0.29) is 18.3 Å². The largest absolute Gasteiger partial charge is 0.325 e. The van der Waals surface area contributed by atoms with Crippen molar-refractivity contribution in [1.82, 2.24) is 4.98 Å². The van der Waals surface area contributed by atoms with Gasteiger partial charge in [0, 0.05) is 30.1 Å². The number of nitrogens with zero attached hydrogens (tertiary/aromatic N) is 2. The number of aromatic nitrogens is 1. The third-order valence-corrected chi connectivity index (χ3v) is 4.28. The average molecular weight is 310 g/mol. The van der Waals surface area contributed by atoms with Crippen molar-refractivity contribution in [2.45, 2.75) is 19.4 Å². The number of rotatable bonds is 2. The van der Waals surface area contributed by atoms with E-state index < -0.39 is 0 Å². The molecule has 1 atom stereocenters. The van der Waals surface area contributed by atoms with Gasteiger partial charge in [0.05, 0.1) is 0 Å². The Labute approximate surface area is 128 Å². The molecule has 4 nitrogen and oxygen atoms in total. The van der Waals surface area contributed by atoms with E-state index in [9.17, 15) is 4.79 Å². The predicted octanol–water partition coefficient (Wildman–Crippen LogP) is 2.79. The summed E-state index contributed by atoms with van der Waals surface area (Å²) in [5.41, 5.74) is 8.26. The van der Waals surface area contributed by atoms with Crippen LogP contribution in [-0.4, -0.2) is 17.4 Å². The van der Waals surface area contributed by atoms with Crippen LogP contribution in [0.5, 0.6) is 0 Å². The van der Waals surface area contributed by atoms with Gasteiger partial charge < -0.3 is 10.6 Å². The Morgan fingerprint density at radius 3 is 2.95 bits per heavy atom. The number of benzene rings is 1. The van der Waals surface area contributed by atoms with Gasteiger partial charge in [-0.2, -0.15) is 0 Å². The van der Waals surface area contributed by atoms with Crippen molar-refractivity contribution in [3.05, 3.63) is 45.9 Å². The van der Waals surface area contributed by atoms with Gasteiger partial charge in [-0.05, 0) is 11.6 Å². The Kier molecular flexibility index (Phi) is 4.42. The first-order valence-electron chi connectivity index (χ1n) is 6.26. The van der Waals surface area contributed by atoms with Crippen LogP contribution in [0, 0.1) is 0 Å². The second-order valence-electron chi connectivity index (χ2n) is 4.71. The molecule has 106 valence electrons. The number of carbonyl (C=O) groups excluding carboxylic acids is 1. The summed E-state index contributed by atoms with van der Waals surface area (Å²) in [4.78, 5) is 18.6. The first-order chi connectivity index (χ1) is 9.20. The summed E-state index contributed by atoms with van der Waals surface area (Å²) in [7, 11) is 0. The molecule has 1 aliphatic rings. The fraction of sp³-hybridized carbons (Fsp3) is 0.286. The van der Waals surface area contributed by atoms with Gasteiger partial charge in [0.1, 0.15) is 10.7 Å². The fourth-order valence-electron chi connectivity index (χ4n) is 2.45. The van der Waals surface area contributed by atoms with Gasteiger partial charge in [-0.15, -0.1) is 23.7 Å². The highest BCUT2D eigenvalue weighted by molar-refractivity contribution is 7.09. The van der Waals surface area contributed by atoms with Gasteiger partial charge in [-0.25, -0.2) is 4.98 Å². The fourth-order valence-corrected chi connectivity index (χ4v) is 3.10. The average Bonchev–Trinajstić information content (AvgIpc) is 3.04. The van der Waals surface area contributed by atoms with Crippen molar-refractivity contribution in [2.75, 3.05) is 11.4 Å². The molecule has 2 heterocycles. The third kappa shape index (κ3) is 2.44. The van der Waals surface area contributed by atoms with Gasteiger partial charge >= 0.3 is 0 Å². The van der Waals surface area contributed by atoms with Gasteiger partial charge in [0.2, 0.25) is 0 Å². The van der Waals surface area contributed by atoms with Crippen molar-refractivity contribution >= 4 is 35.3 Å². The van der Waals surface area contributed by atoms with Crippen LogP contribution in [0.15, 0.2) is 29.6 Å². The highest BCUT2D eigenvalue weighted by Crippen LogP contribution is 2.36. The Bertz CT molecular complexity index is 628. The third-order valence-electron chi connectivity index (χ3n) is 3.41. The quantitative estimate of drug-likeness (QED) is 0.928. The zero-order valence-electron chi connectivity index (χ0n) is 11.1. The van der Waals surface area contributed by atoms with Gasteiger partial charge in [0.15, 0.2) is 0 Å². The van der Waals surface area contributed by atoms with E-state index in [4.69, 9.17) is 5.73 Å². The number of anilines is 1. The Morgan fingerprint density at radius 2 is 2.25 bits per heavy atom. The molecule has 0 saturated carbocycles. The molecule has 1 unspecified atom stereocenters. The molecule has 0 radical (unpaired) electrons. The van der Waals surface area contributed by atoms with E-state index in [0.717, 1.165) is 10.7 Å². The molecule has 1 aromatic heterocycles. The van der Waals surface area contributed by atoms with Crippen LogP contribution in [0.25, 0.3) is 0 Å². The molecule has 2 N–H and O–H groups in total. The number of fused-ring (bicyclic) bond motifs is 1. The molecule has 3 rings (SSSR count). The minimum atomic E-state index is -0.0345. The molecule has 0 fully saturated rings. The number of thiazole rings is 1. The van der Waals surface area contributed by atoms with Crippen LogP contribution >= 0.6 is 23.7 Å². The first kappa shape index (κ1) is 15.0. The molecular weight excluding hydrogens is 294 g/mol. The normalized spacial score (nSPS) is 16.7. The molecule has 1 aliphatic heterocycles. The maximum atomic E-state index is 12.5. The van der Waals surface area contributed by atoms with E-state index >= 15 is 0 Å². The van der Waals surface area contributed by atoms with Crippen LogP contribution in [0.1, 0.15) is 33.9 Å². The summed E-state index contributed by atoms with van der Waals surface area (Å²) < 4.78 is 0. The van der Waals surface area contributed by atoms with E-state index in [1.807, 2.05) is 23.1 Å². The maximum absolute atomic E-state index is 12.5. The molecule has 6 heteroatoms. The summed E-state index contributed by atoms with van der Waals surface area (Å²) >= 11 is 1.44. The number of para-hydroxylation sites is 1. The summed E-state index contributed by atoms with van der Waals surface area (Å²) in [5, 5.41) is 2.58. The number of halogens is 1. The lowest BCUT2D eigenvalue weighted by Crippen LogP contribution is -2.29. The van der Waals surface area contributed by atoms with Crippen molar-refractivity contribution in [2.24, 2.45) is 5.73 Å². The number of amides is 1. The molecule has 20 heavy (non-hydrogen) atoms. The molecule has 2 aromatic rings. The molecule has 1 aromatic carbocycles. The lowest BCUT2D eigenvalue weighted by molar-refractivity contribution is 0.0984. The molecule has 1 amide bonds. The number of nitrogens with two attached hydrogens (primary N) is 1. The molecular formula is C14H16ClN3OS. The standard InChI is InChI=1S/C14H15N3OS.ClH/c1-9-7-17(12-5-3-2-4-10(9)12)14(18)11-8-19-13(6-15)16-11;/h2-5,8-9H,6-7,15H2,1H3;1H. The van der Waals surface area contributed by atoms with Crippen LogP contribution in [0.2, 0.25) is 0 Å². The van der Waals surface area contributed by atoms with Crippen LogP contribution < -0.4 is 10.6 Å². The van der Waals surface area contributed by atoms with Crippen molar-refractivity contribution < 1.29 is 4.79 Å². The smallest absolute Gasteiger partial charge is 0.277 e. The Morgan fingerprint density at radius 1 is 1.50 bits per heavy atom. The zero-order chi connectivity index (χ0) is 13.4. The summed E-state index contributed by atoms with van der Waals surface area (Å²) in [6.07, 6.45) is 0. The summed E-state index contributed by atoms with van der Waals surface area (Å²) in [5.74, 6) is 0.334. The van der Waals surface area contributed by atoms with Crippen molar-refractivity contribution in [3.63, 3.8) is 0 Å². The molecule has 0 bridgehead atoms. The van der Waals surface area contributed by atoms with Crippen molar-refractivity contribution in [1.29, 1.82) is 0 Å². The highest BCUT2D eigenvalue weighted by atomic mass is 35.5. The second kappa shape index (κ2) is 5.91. The van der Waals surface area contributed by atoms with E-state index in [1.54, 1.807) is 5.38 Å². The lowest BCUT2D eigenvalue weighted by Gasteiger charge is -2.16. The van der Waals surface area contributed by atoms with Crippen LogP contribution in [0.3, 0.4) is 0 Å². The van der Waals surface area contributed by atoms with Crippen molar-refractivity contribution in [3.8, 4) is 0 Å². The topological polar surface area (TPSA) is 59.2 Å². The van der Waals surface area contributed by atoms with E-state index in [1.165, 1.54) is 16.9 Å². The number of hydrogen-bond donors (Lipinski definition) is 1. The maximum Gasteiger partial charge on any atom is 0.277 e. The van der Waals surface area contributed by atoms with Gasteiger partial charge in [-0.3, -0.25) is 4.79 Å². The molecule has 0 aliphatic carbocycles. The van der Waals surface area contributed by atoms with Crippen LogP contribution in [-0.2, 0) is 6.54 Å². The second-order valence-corrected chi connectivity index (χ2v) is 5.65. The minimum Gasteiger partial charge on any atom is -0.325 e. The Hall–Kier alpha value is -1.43. The minimum absolute atomic E-state index is 0. The predicted molar refractivity (Wildman–Crippen MR) is 83.8 cm³/mol. The Balaban J connectivity index is 0.00000147. The zero-order valence-corrected chi connectivity index (χ0v) is 12.7. The first-order valence-corrected chi connectivity index (χ1v) is 7.14. The highest BCUT2D eigenvalue weighted by Gasteiger charge is 2.30. The SMILES string of the molecule is CC1CN(C(=O)c2csc(CN)n2)c2ccccc21.Cl. The van der Waals surface area contributed by atoms with E-state index in [0.29, 0.717) is 24.7 Å². The summed E-state index contributed by atoms with van der Waals surface area (Å²) in [6, 6.07) is 8.05. The summed E-state index contributed by atoms with van der Waals surface area (Å²) in [6.45, 7) is 3.23. The monoisotopic (exact) mass is 309 g/mol. The van der Waals surface area contributed by atoms with E-state index in [2.05, 4.69) is 18.0 Å². The van der Waals surface area contributed by atoms with Crippen LogP contribution in [0.4, 0.5) is 5.69 Å². The lowest BCUT2D eigenvalue weighted by atomic mass is 10.0. The number of carbonyl (C=O) groups is 1. The molecule has 0 spiro atoms.